The van der Waals surface area contributed by atoms with Crippen LogP contribution in [0, 0.1) is 12.8 Å². The summed E-state index contributed by atoms with van der Waals surface area (Å²) in [5.41, 5.74) is 1.98. The molecule has 0 bridgehead atoms. The number of rotatable bonds is 4. The SMILES string of the molecule is Cc1cccnc1CNC(=O)C1CCN([C@@H]2CCS(=O)(=O)C2)CC1. The quantitative estimate of drug-likeness (QED) is 0.872. The average molecular weight is 351 g/mol. The molecule has 6 nitrogen and oxygen atoms in total. The molecule has 2 aliphatic rings. The van der Waals surface area contributed by atoms with Crippen molar-refractivity contribution in [3.05, 3.63) is 29.6 Å². The Bertz CT molecular complexity index is 697. The van der Waals surface area contributed by atoms with Crippen LogP contribution in [-0.4, -0.2) is 54.8 Å². The van der Waals surface area contributed by atoms with Crippen molar-refractivity contribution >= 4 is 15.7 Å². The Kier molecular flexibility index (Phi) is 5.20. The van der Waals surface area contributed by atoms with Gasteiger partial charge in [0.25, 0.3) is 0 Å². The molecule has 0 spiro atoms. The first-order valence-electron chi connectivity index (χ1n) is 8.57. The van der Waals surface area contributed by atoms with Gasteiger partial charge in [-0.25, -0.2) is 8.42 Å². The van der Waals surface area contributed by atoms with Crippen molar-refractivity contribution in [1.29, 1.82) is 0 Å². The Balaban J connectivity index is 1.46. The number of aromatic nitrogens is 1. The van der Waals surface area contributed by atoms with Gasteiger partial charge in [0.05, 0.1) is 23.7 Å². The highest BCUT2D eigenvalue weighted by molar-refractivity contribution is 7.91. The Hall–Kier alpha value is -1.47. The zero-order valence-electron chi connectivity index (χ0n) is 14.1. The normalized spacial score (nSPS) is 24.8. The Morgan fingerprint density at radius 1 is 1.33 bits per heavy atom. The second-order valence-corrected chi connectivity index (χ2v) is 9.08. The summed E-state index contributed by atoms with van der Waals surface area (Å²) in [6.45, 7) is 4.07. The molecule has 1 aromatic heterocycles. The third-order valence-electron chi connectivity index (χ3n) is 5.17. The number of carbonyl (C=O) groups excluding carboxylic acids is 1. The third kappa shape index (κ3) is 4.13. The first-order chi connectivity index (χ1) is 11.4. The number of amides is 1. The Labute approximate surface area is 143 Å². The number of hydrogen-bond acceptors (Lipinski definition) is 5. The molecule has 1 atom stereocenters. The van der Waals surface area contributed by atoms with E-state index < -0.39 is 9.84 Å². The molecule has 24 heavy (non-hydrogen) atoms. The third-order valence-corrected chi connectivity index (χ3v) is 6.92. The predicted octanol–water partition coefficient (Wildman–Crippen LogP) is 0.905. The zero-order chi connectivity index (χ0) is 17.2. The maximum absolute atomic E-state index is 12.4. The standard InChI is InChI=1S/C17H25N3O3S/c1-13-3-2-7-18-16(13)11-19-17(21)14-4-8-20(9-5-14)15-6-10-24(22,23)12-15/h2-3,7,14-15H,4-6,8-12H2,1H3,(H,19,21)/t15-/m1/s1. The van der Waals surface area contributed by atoms with Gasteiger partial charge in [-0.3, -0.25) is 14.7 Å². The van der Waals surface area contributed by atoms with Crippen LogP contribution >= 0.6 is 0 Å². The first kappa shape index (κ1) is 17.4. The van der Waals surface area contributed by atoms with E-state index in [2.05, 4.69) is 15.2 Å². The van der Waals surface area contributed by atoms with Crippen LogP contribution in [0.2, 0.25) is 0 Å². The molecule has 1 amide bonds. The molecule has 132 valence electrons. The maximum atomic E-state index is 12.4. The van der Waals surface area contributed by atoms with Crippen LogP contribution in [0.4, 0.5) is 0 Å². The number of aryl methyl sites for hydroxylation is 1. The van der Waals surface area contributed by atoms with Crippen molar-refractivity contribution < 1.29 is 13.2 Å². The summed E-state index contributed by atoms with van der Waals surface area (Å²) in [6.07, 6.45) is 4.06. The van der Waals surface area contributed by atoms with Crippen LogP contribution in [0.5, 0.6) is 0 Å². The van der Waals surface area contributed by atoms with E-state index in [0.29, 0.717) is 12.3 Å². The van der Waals surface area contributed by atoms with Gasteiger partial charge in [-0.1, -0.05) is 6.07 Å². The van der Waals surface area contributed by atoms with Crippen molar-refractivity contribution in [2.75, 3.05) is 24.6 Å². The number of sulfone groups is 1. The largest absolute Gasteiger partial charge is 0.350 e. The monoisotopic (exact) mass is 351 g/mol. The molecule has 2 fully saturated rings. The van der Waals surface area contributed by atoms with E-state index in [1.807, 2.05) is 19.1 Å². The molecular weight excluding hydrogens is 326 g/mol. The Morgan fingerprint density at radius 3 is 2.71 bits per heavy atom. The molecular formula is C17H25N3O3S. The van der Waals surface area contributed by atoms with E-state index in [1.165, 1.54) is 0 Å². The Morgan fingerprint density at radius 2 is 2.08 bits per heavy atom. The van der Waals surface area contributed by atoms with E-state index in [-0.39, 0.29) is 23.6 Å². The highest BCUT2D eigenvalue weighted by Crippen LogP contribution is 2.24. The number of nitrogens with zero attached hydrogens (tertiary/aromatic N) is 2. The number of hydrogen-bond donors (Lipinski definition) is 1. The molecule has 3 rings (SSSR count). The molecule has 2 saturated heterocycles. The summed E-state index contributed by atoms with van der Waals surface area (Å²) in [5, 5.41) is 2.99. The topological polar surface area (TPSA) is 79.4 Å². The fourth-order valence-corrected chi connectivity index (χ4v) is 5.37. The van der Waals surface area contributed by atoms with Gasteiger partial charge in [-0.05, 0) is 50.9 Å². The average Bonchev–Trinajstić information content (AvgIpc) is 2.94. The highest BCUT2D eigenvalue weighted by Gasteiger charge is 2.35. The molecule has 0 radical (unpaired) electrons. The van der Waals surface area contributed by atoms with Crippen LogP contribution in [0.3, 0.4) is 0 Å². The van der Waals surface area contributed by atoms with E-state index in [4.69, 9.17) is 0 Å². The molecule has 1 aromatic rings. The van der Waals surface area contributed by atoms with Gasteiger partial charge < -0.3 is 5.32 Å². The number of likely N-dealkylation sites (tertiary alicyclic amines) is 1. The van der Waals surface area contributed by atoms with Gasteiger partial charge in [0.15, 0.2) is 9.84 Å². The summed E-state index contributed by atoms with van der Waals surface area (Å²) in [5.74, 6) is 0.687. The molecule has 0 aliphatic carbocycles. The molecule has 7 heteroatoms. The van der Waals surface area contributed by atoms with E-state index >= 15 is 0 Å². The fraction of sp³-hybridized carbons (Fsp3) is 0.647. The van der Waals surface area contributed by atoms with Crippen molar-refractivity contribution in [2.24, 2.45) is 5.92 Å². The van der Waals surface area contributed by atoms with Crippen molar-refractivity contribution in [3.63, 3.8) is 0 Å². The lowest BCUT2D eigenvalue weighted by molar-refractivity contribution is -0.126. The van der Waals surface area contributed by atoms with Gasteiger partial charge in [0.1, 0.15) is 0 Å². The number of piperidine rings is 1. The lowest BCUT2D eigenvalue weighted by atomic mass is 9.94. The van der Waals surface area contributed by atoms with Crippen LogP contribution in [-0.2, 0) is 21.2 Å². The second kappa shape index (κ2) is 7.19. The molecule has 0 unspecified atom stereocenters. The predicted molar refractivity (Wildman–Crippen MR) is 92.2 cm³/mol. The molecule has 1 N–H and O–H groups in total. The van der Waals surface area contributed by atoms with Gasteiger partial charge in [-0.15, -0.1) is 0 Å². The van der Waals surface area contributed by atoms with E-state index in [0.717, 1.165) is 43.6 Å². The van der Waals surface area contributed by atoms with Crippen molar-refractivity contribution in [3.8, 4) is 0 Å². The number of nitrogens with one attached hydrogen (secondary N) is 1. The van der Waals surface area contributed by atoms with E-state index in [9.17, 15) is 13.2 Å². The summed E-state index contributed by atoms with van der Waals surface area (Å²) in [7, 11) is -2.85. The van der Waals surface area contributed by atoms with Crippen molar-refractivity contribution in [2.45, 2.75) is 38.8 Å². The number of carbonyl (C=O) groups is 1. The summed E-state index contributed by atoms with van der Waals surface area (Å²) in [4.78, 5) is 18.9. The smallest absolute Gasteiger partial charge is 0.223 e. The van der Waals surface area contributed by atoms with Crippen LogP contribution in [0.15, 0.2) is 18.3 Å². The minimum absolute atomic E-state index is 0.0169. The minimum Gasteiger partial charge on any atom is -0.350 e. The van der Waals surface area contributed by atoms with Gasteiger partial charge in [-0.2, -0.15) is 0 Å². The fourth-order valence-electron chi connectivity index (χ4n) is 3.61. The molecule has 0 aromatic carbocycles. The first-order valence-corrected chi connectivity index (χ1v) is 10.4. The van der Waals surface area contributed by atoms with Crippen molar-refractivity contribution in [1.82, 2.24) is 15.2 Å². The van der Waals surface area contributed by atoms with Gasteiger partial charge in [0.2, 0.25) is 5.91 Å². The second-order valence-electron chi connectivity index (χ2n) is 6.85. The number of pyridine rings is 1. The maximum Gasteiger partial charge on any atom is 0.223 e. The summed E-state index contributed by atoms with van der Waals surface area (Å²) in [6, 6.07) is 4.03. The molecule has 2 aliphatic heterocycles. The highest BCUT2D eigenvalue weighted by atomic mass is 32.2. The lowest BCUT2D eigenvalue weighted by Crippen LogP contribution is -2.45. The van der Waals surface area contributed by atoms with Crippen LogP contribution in [0.1, 0.15) is 30.5 Å². The van der Waals surface area contributed by atoms with Gasteiger partial charge in [0, 0.05) is 18.2 Å². The zero-order valence-corrected chi connectivity index (χ0v) is 14.9. The lowest BCUT2D eigenvalue weighted by Gasteiger charge is -2.34. The molecule has 0 saturated carbocycles. The van der Waals surface area contributed by atoms with Crippen LogP contribution < -0.4 is 5.32 Å². The van der Waals surface area contributed by atoms with E-state index in [1.54, 1.807) is 6.20 Å². The minimum atomic E-state index is -2.85. The van der Waals surface area contributed by atoms with Gasteiger partial charge >= 0.3 is 0 Å². The summed E-state index contributed by atoms with van der Waals surface area (Å²) >= 11 is 0. The van der Waals surface area contributed by atoms with Crippen LogP contribution in [0.25, 0.3) is 0 Å². The molecule has 3 heterocycles. The summed E-state index contributed by atoms with van der Waals surface area (Å²) < 4.78 is 23.2.